The summed E-state index contributed by atoms with van der Waals surface area (Å²) in [5, 5.41) is 0. The minimum Gasteiger partial charge on any atom is -0.370 e. The molecule has 0 saturated heterocycles. The van der Waals surface area contributed by atoms with E-state index < -0.39 is 0 Å². The van der Waals surface area contributed by atoms with E-state index in [-0.39, 0.29) is 5.96 Å². The van der Waals surface area contributed by atoms with Crippen LogP contribution in [0.5, 0.6) is 0 Å². The van der Waals surface area contributed by atoms with E-state index in [0.29, 0.717) is 9.84 Å². The number of allylic oxidation sites excluding steroid dienone is 3. The first kappa shape index (κ1) is 9.57. The molecule has 0 aromatic heterocycles. The highest BCUT2D eigenvalue weighted by atomic mass is 127. The van der Waals surface area contributed by atoms with Gasteiger partial charge >= 0.3 is 0 Å². The topological polar surface area (TPSA) is 64.4 Å². The van der Waals surface area contributed by atoms with Crippen LogP contribution in [0.3, 0.4) is 0 Å². The van der Waals surface area contributed by atoms with Gasteiger partial charge in [0, 0.05) is 3.92 Å². The second-order valence-corrected chi connectivity index (χ2v) is 4.23. The van der Waals surface area contributed by atoms with E-state index in [2.05, 4.69) is 46.7 Å². The summed E-state index contributed by atoms with van der Waals surface area (Å²) < 4.78 is 0.477. The fourth-order valence-corrected chi connectivity index (χ4v) is 1.56. The summed E-state index contributed by atoms with van der Waals surface area (Å²) in [4.78, 5) is 3.96. The van der Waals surface area contributed by atoms with Gasteiger partial charge in [-0.3, -0.25) is 0 Å². The number of guanidine groups is 1. The molecule has 1 rings (SSSR count). The monoisotopic (exact) mass is 277 g/mol. The maximum Gasteiger partial charge on any atom is 0.191 e. The molecule has 0 heterocycles. The Labute approximate surface area is 85.7 Å². The minimum absolute atomic E-state index is 0.115. The lowest BCUT2D eigenvalue weighted by atomic mass is 10.0. The summed E-state index contributed by atoms with van der Waals surface area (Å²) in [5.41, 5.74) is 11.4. The first-order valence-electron chi connectivity index (χ1n) is 3.73. The highest BCUT2D eigenvalue weighted by Crippen LogP contribution is 2.23. The van der Waals surface area contributed by atoms with E-state index in [0.717, 1.165) is 5.70 Å². The van der Waals surface area contributed by atoms with Gasteiger partial charge in [0.05, 0.1) is 5.70 Å². The maximum absolute atomic E-state index is 5.25. The Morgan fingerprint density at radius 3 is 2.75 bits per heavy atom. The molecule has 0 bridgehead atoms. The van der Waals surface area contributed by atoms with Crippen LogP contribution in [0.1, 0.15) is 6.92 Å². The van der Waals surface area contributed by atoms with Crippen LogP contribution in [0, 0.1) is 5.92 Å². The Hall–Kier alpha value is -0.520. The zero-order valence-electron chi connectivity index (χ0n) is 6.87. The minimum atomic E-state index is 0.115. The van der Waals surface area contributed by atoms with Crippen LogP contribution in [-0.4, -0.2) is 9.88 Å². The molecule has 1 unspecified atom stereocenters. The number of aliphatic imine (C=N–C) groups is 1. The lowest BCUT2D eigenvalue weighted by Crippen LogP contribution is -2.23. The number of hydrogen-bond acceptors (Lipinski definition) is 1. The van der Waals surface area contributed by atoms with Crippen molar-refractivity contribution in [1.29, 1.82) is 0 Å². The molecular weight excluding hydrogens is 265 g/mol. The highest BCUT2D eigenvalue weighted by molar-refractivity contribution is 14.1. The predicted octanol–water partition coefficient (Wildman–Crippen LogP) is 1.15. The molecule has 3 nitrogen and oxygen atoms in total. The van der Waals surface area contributed by atoms with Crippen molar-refractivity contribution in [2.75, 3.05) is 0 Å². The molecule has 12 heavy (non-hydrogen) atoms. The summed E-state index contributed by atoms with van der Waals surface area (Å²) in [6.45, 7) is 2.16. The van der Waals surface area contributed by atoms with E-state index in [4.69, 9.17) is 11.5 Å². The first-order chi connectivity index (χ1) is 5.59. The van der Waals surface area contributed by atoms with Crippen molar-refractivity contribution in [1.82, 2.24) is 0 Å². The molecule has 66 valence electrons. The van der Waals surface area contributed by atoms with Crippen molar-refractivity contribution in [2.24, 2.45) is 22.4 Å². The third kappa shape index (κ3) is 2.51. The van der Waals surface area contributed by atoms with Gasteiger partial charge in [-0.25, -0.2) is 4.99 Å². The first-order valence-corrected chi connectivity index (χ1v) is 4.98. The van der Waals surface area contributed by atoms with Crippen molar-refractivity contribution in [3.8, 4) is 0 Å². The molecule has 0 aromatic rings. The standard InChI is InChI=1S/C8H12IN3/c1-5-2-3-6(4-7(5)9)12-8(10)11/h2-5,7H,1H3,(H4,10,11,12)/t5?,7-/m0/s1. The van der Waals surface area contributed by atoms with E-state index >= 15 is 0 Å². The fourth-order valence-electron chi connectivity index (χ4n) is 0.951. The van der Waals surface area contributed by atoms with Crippen LogP contribution < -0.4 is 11.5 Å². The molecule has 0 aromatic carbocycles. The Kier molecular flexibility index (Phi) is 3.13. The van der Waals surface area contributed by atoms with Crippen molar-refractivity contribution in [3.63, 3.8) is 0 Å². The van der Waals surface area contributed by atoms with Crippen LogP contribution in [0.2, 0.25) is 0 Å². The quantitative estimate of drug-likeness (QED) is 0.327. The van der Waals surface area contributed by atoms with E-state index in [1.165, 1.54) is 0 Å². The zero-order valence-corrected chi connectivity index (χ0v) is 9.02. The molecule has 0 spiro atoms. The van der Waals surface area contributed by atoms with Gasteiger partial charge in [-0.1, -0.05) is 35.6 Å². The van der Waals surface area contributed by atoms with Gasteiger partial charge in [-0.2, -0.15) is 0 Å². The molecule has 1 aliphatic carbocycles. The third-order valence-corrected chi connectivity index (χ3v) is 3.15. The summed E-state index contributed by atoms with van der Waals surface area (Å²) in [5.74, 6) is 0.674. The number of nitrogens with two attached hydrogens (primary N) is 2. The molecule has 0 aliphatic heterocycles. The van der Waals surface area contributed by atoms with E-state index in [1.807, 2.05) is 6.08 Å². The molecule has 0 amide bonds. The van der Waals surface area contributed by atoms with Crippen molar-refractivity contribution in [2.45, 2.75) is 10.8 Å². The van der Waals surface area contributed by atoms with Crippen LogP contribution >= 0.6 is 22.6 Å². The van der Waals surface area contributed by atoms with Crippen molar-refractivity contribution >= 4 is 28.6 Å². The van der Waals surface area contributed by atoms with Crippen molar-refractivity contribution < 1.29 is 0 Å². The summed E-state index contributed by atoms with van der Waals surface area (Å²) in [7, 11) is 0. The largest absolute Gasteiger partial charge is 0.370 e. The molecule has 0 radical (unpaired) electrons. The Morgan fingerprint density at radius 1 is 1.58 bits per heavy atom. The summed E-state index contributed by atoms with van der Waals surface area (Å²) >= 11 is 2.37. The molecule has 4 N–H and O–H groups in total. The number of halogens is 1. The zero-order chi connectivity index (χ0) is 9.14. The van der Waals surface area contributed by atoms with Gasteiger partial charge in [-0.05, 0) is 18.1 Å². The summed E-state index contributed by atoms with van der Waals surface area (Å²) in [6.07, 6.45) is 6.11. The van der Waals surface area contributed by atoms with Gasteiger partial charge < -0.3 is 11.5 Å². The molecule has 4 heteroatoms. The van der Waals surface area contributed by atoms with Crippen LogP contribution in [0.4, 0.5) is 0 Å². The average molecular weight is 277 g/mol. The van der Waals surface area contributed by atoms with Gasteiger partial charge in [0.2, 0.25) is 0 Å². The predicted molar refractivity (Wildman–Crippen MR) is 60.0 cm³/mol. The number of nitrogens with zero attached hydrogens (tertiary/aromatic N) is 1. The lowest BCUT2D eigenvalue weighted by Gasteiger charge is -2.15. The molecule has 0 saturated carbocycles. The molecule has 0 fully saturated rings. The third-order valence-electron chi connectivity index (χ3n) is 1.66. The van der Waals surface area contributed by atoms with Gasteiger partial charge in [0.1, 0.15) is 0 Å². The Morgan fingerprint density at radius 2 is 2.25 bits per heavy atom. The molecule has 2 atom stereocenters. The highest BCUT2D eigenvalue weighted by Gasteiger charge is 2.12. The smallest absolute Gasteiger partial charge is 0.191 e. The van der Waals surface area contributed by atoms with Crippen LogP contribution in [-0.2, 0) is 0 Å². The molecular formula is C8H12IN3. The van der Waals surface area contributed by atoms with Gasteiger partial charge in [0.25, 0.3) is 0 Å². The number of hydrogen-bond donors (Lipinski definition) is 2. The van der Waals surface area contributed by atoms with Crippen LogP contribution in [0.15, 0.2) is 28.9 Å². The normalized spacial score (nSPS) is 28.0. The average Bonchev–Trinajstić information content (AvgIpc) is 1.96. The van der Waals surface area contributed by atoms with Crippen LogP contribution in [0.25, 0.3) is 0 Å². The SMILES string of the molecule is CC1C=CC(N=C(N)N)=C[C@@H]1I. The second kappa shape index (κ2) is 3.93. The fraction of sp³-hybridized carbons (Fsp3) is 0.375. The number of rotatable bonds is 1. The Bertz CT molecular complexity index is 251. The Balaban J connectivity index is 2.76. The van der Waals surface area contributed by atoms with Crippen molar-refractivity contribution in [3.05, 3.63) is 23.9 Å². The second-order valence-electron chi connectivity index (χ2n) is 2.79. The maximum atomic E-state index is 5.25. The lowest BCUT2D eigenvalue weighted by molar-refractivity contribution is 0.765. The molecule has 1 aliphatic rings. The van der Waals surface area contributed by atoms with E-state index in [1.54, 1.807) is 0 Å². The van der Waals surface area contributed by atoms with E-state index in [9.17, 15) is 0 Å². The van der Waals surface area contributed by atoms with Gasteiger partial charge in [0.15, 0.2) is 5.96 Å². The number of alkyl halides is 1. The van der Waals surface area contributed by atoms with Gasteiger partial charge in [-0.15, -0.1) is 0 Å². The summed E-state index contributed by atoms with van der Waals surface area (Å²) in [6, 6.07) is 0.